The lowest BCUT2D eigenvalue weighted by Gasteiger charge is -2.16. The third kappa shape index (κ3) is 3.22. The second-order valence-electron chi connectivity index (χ2n) is 4.33. The van der Waals surface area contributed by atoms with Gasteiger partial charge in [-0.1, -0.05) is 6.92 Å². The fourth-order valence-corrected chi connectivity index (χ4v) is 2.11. The Labute approximate surface area is 107 Å². The van der Waals surface area contributed by atoms with Crippen molar-refractivity contribution in [1.29, 1.82) is 0 Å². The standard InChI is InChI=1S/C12H18ClN3O/c1-3-6-17-11-7-9(2)14-12(15-11)16-5-4-10(13)8-16/h7,10H,3-6,8H2,1-2H3. The first kappa shape index (κ1) is 12.4. The smallest absolute Gasteiger partial charge is 0.228 e. The molecule has 1 aromatic rings. The average molecular weight is 256 g/mol. The summed E-state index contributed by atoms with van der Waals surface area (Å²) in [6, 6.07) is 1.87. The summed E-state index contributed by atoms with van der Waals surface area (Å²) in [5, 5.41) is 0.208. The zero-order valence-electron chi connectivity index (χ0n) is 10.3. The monoisotopic (exact) mass is 255 g/mol. The van der Waals surface area contributed by atoms with E-state index in [-0.39, 0.29) is 5.38 Å². The fourth-order valence-electron chi connectivity index (χ4n) is 1.85. The van der Waals surface area contributed by atoms with Crippen LogP contribution in [0.5, 0.6) is 5.88 Å². The van der Waals surface area contributed by atoms with E-state index in [4.69, 9.17) is 16.3 Å². The first-order valence-electron chi connectivity index (χ1n) is 6.06. The van der Waals surface area contributed by atoms with Crippen LogP contribution in [0.1, 0.15) is 25.5 Å². The molecule has 0 N–H and O–H groups in total. The predicted molar refractivity (Wildman–Crippen MR) is 69.0 cm³/mol. The van der Waals surface area contributed by atoms with Gasteiger partial charge in [0.1, 0.15) is 0 Å². The Hall–Kier alpha value is -1.03. The summed E-state index contributed by atoms with van der Waals surface area (Å²) in [6.07, 6.45) is 1.97. The number of aromatic nitrogens is 2. The van der Waals surface area contributed by atoms with Gasteiger partial charge < -0.3 is 9.64 Å². The second-order valence-corrected chi connectivity index (χ2v) is 4.95. The molecule has 1 aliphatic rings. The second kappa shape index (κ2) is 5.54. The molecule has 1 aliphatic heterocycles. The van der Waals surface area contributed by atoms with Gasteiger partial charge in [0.25, 0.3) is 0 Å². The molecule has 0 aromatic carbocycles. The maximum atomic E-state index is 6.09. The van der Waals surface area contributed by atoms with E-state index in [1.807, 2.05) is 13.0 Å². The van der Waals surface area contributed by atoms with E-state index in [0.29, 0.717) is 12.5 Å². The Kier molecular flexibility index (Phi) is 4.05. The molecule has 2 heterocycles. The number of alkyl halides is 1. The molecule has 4 nitrogen and oxygen atoms in total. The quantitative estimate of drug-likeness (QED) is 0.775. The summed E-state index contributed by atoms with van der Waals surface area (Å²) in [5.41, 5.74) is 0.930. The van der Waals surface area contributed by atoms with Gasteiger partial charge in [0, 0.05) is 24.8 Å². The third-order valence-corrected chi connectivity index (χ3v) is 3.04. The minimum absolute atomic E-state index is 0.208. The summed E-state index contributed by atoms with van der Waals surface area (Å²) < 4.78 is 5.55. The molecule has 1 fully saturated rings. The number of aryl methyl sites for hydroxylation is 1. The van der Waals surface area contributed by atoms with Gasteiger partial charge in [0.05, 0.1) is 12.0 Å². The summed E-state index contributed by atoms with van der Waals surface area (Å²) in [4.78, 5) is 11.0. The Morgan fingerprint density at radius 1 is 1.53 bits per heavy atom. The molecule has 0 bridgehead atoms. The van der Waals surface area contributed by atoms with Crippen LogP contribution in [0, 0.1) is 6.92 Å². The zero-order chi connectivity index (χ0) is 12.3. The molecule has 0 spiro atoms. The Morgan fingerprint density at radius 3 is 3.00 bits per heavy atom. The van der Waals surface area contributed by atoms with Crippen molar-refractivity contribution in [2.24, 2.45) is 0 Å². The number of ether oxygens (including phenoxy) is 1. The van der Waals surface area contributed by atoms with Crippen LogP contribution in [0.15, 0.2) is 6.07 Å². The van der Waals surface area contributed by atoms with Gasteiger partial charge in [-0.25, -0.2) is 4.98 Å². The lowest BCUT2D eigenvalue weighted by molar-refractivity contribution is 0.304. The number of hydrogen-bond acceptors (Lipinski definition) is 4. The molecular weight excluding hydrogens is 238 g/mol. The Morgan fingerprint density at radius 2 is 2.35 bits per heavy atom. The molecule has 17 heavy (non-hydrogen) atoms. The van der Waals surface area contributed by atoms with Gasteiger partial charge in [-0.15, -0.1) is 11.6 Å². The first-order valence-corrected chi connectivity index (χ1v) is 6.50. The summed E-state index contributed by atoms with van der Waals surface area (Å²) in [7, 11) is 0. The predicted octanol–water partition coefficient (Wildman–Crippen LogP) is 2.39. The number of nitrogens with zero attached hydrogens (tertiary/aromatic N) is 3. The van der Waals surface area contributed by atoms with Crippen molar-refractivity contribution in [2.45, 2.75) is 32.1 Å². The maximum absolute atomic E-state index is 6.09. The molecule has 0 radical (unpaired) electrons. The molecule has 1 atom stereocenters. The molecule has 0 amide bonds. The zero-order valence-corrected chi connectivity index (χ0v) is 11.1. The highest BCUT2D eigenvalue weighted by molar-refractivity contribution is 6.21. The fraction of sp³-hybridized carbons (Fsp3) is 0.667. The molecule has 94 valence electrons. The van der Waals surface area contributed by atoms with Crippen molar-refractivity contribution in [2.75, 3.05) is 24.6 Å². The van der Waals surface area contributed by atoms with Gasteiger partial charge >= 0.3 is 0 Å². The minimum Gasteiger partial charge on any atom is -0.478 e. The van der Waals surface area contributed by atoms with Crippen LogP contribution in [0.25, 0.3) is 0 Å². The van der Waals surface area contributed by atoms with E-state index in [0.717, 1.165) is 37.6 Å². The SMILES string of the molecule is CCCOc1cc(C)nc(N2CCC(Cl)C2)n1. The van der Waals surface area contributed by atoms with Gasteiger partial charge in [0.15, 0.2) is 0 Å². The largest absolute Gasteiger partial charge is 0.478 e. The van der Waals surface area contributed by atoms with E-state index in [9.17, 15) is 0 Å². The Bertz CT molecular complexity index is 386. The molecule has 1 aromatic heterocycles. The van der Waals surface area contributed by atoms with Gasteiger partial charge in [0.2, 0.25) is 11.8 Å². The molecule has 0 saturated carbocycles. The van der Waals surface area contributed by atoms with Crippen molar-refractivity contribution >= 4 is 17.5 Å². The summed E-state index contributed by atoms with van der Waals surface area (Å²) in [5.74, 6) is 1.40. The lowest BCUT2D eigenvalue weighted by Crippen LogP contribution is -2.22. The van der Waals surface area contributed by atoms with Crippen LogP contribution in [0.3, 0.4) is 0 Å². The van der Waals surface area contributed by atoms with Gasteiger partial charge in [-0.3, -0.25) is 0 Å². The van der Waals surface area contributed by atoms with E-state index in [1.54, 1.807) is 0 Å². The van der Waals surface area contributed by atoms with Crippen molar-refractivity contribution in [1.82, 2.24) is 9.97 Å². The van der Waals surface area contributed by atoms with E-state index in [1.165, 1.54) is 0 Å². The van der Waals surface area contributed by atoms with E-state index >= 15 is 0 Å². The first-order chi connectivity index (χ1) is 8.19. The van der Waals surface area contributed by atoms with Crippen LogP contribution in [-0.2, 0) is 0 Å². The molecule has 0 aliphatic carbocycles. The lowest BCUT2D eigenvalue weighted by atomic mass is 10.4. The van der Waals surface area contributed by atoms with Crippen LogP contribution in [-0.4, -0.2) is 35.0 Å². The minimum atomic E-state index is 0.208. The van der Waals surface area contributed by atoms with Crippen molar-refractivity contribution in [3.05, 3.63) is 11.8 Å². The number of hydrogen-bond donors (Lipinski definition) is 0. The molecular formula is C12H18ClN3O. The highest BCUT2D eigenvalue weighted by atomic mass is 35.5. The van der Waals surface area contributed by atoms with E-state index in [2.05, 4.69) is 21.8 Å². The highest BCUT2D eigenvalue weighted by Crippen LogP contribution is 2.22. The number of rotatable bonds is 4. The van der Waals surface area contributed by atoms with Gasteiger partial charge in [-0.05, 0) is 19.8 Å². The van der Waals surface area contributed by atoms with Crippen LogP contribution in [0.4, 0.5) is 5.95 Å². The van der Waals surface area contributed by atoms with Crippen molar-refractivity contribution in [3.8, 4) is 5.88 Å². The normalized spacial score (nSPS) is 19.7. The van der Waals surface area contributed by atoms with Crippen LogP contribution >= 0.6 is 11.6 Å². The van der Waals surface area contributed by atoms with Gasteiger partial charge in [-0.2, -0.15) is 4.98 Å². The Balaban J connectivity index is 2.13. The number of halogens is 1. The summed E-state index contributed by atoms with van der Waals surface area (Å²) >= 11 is 6.09. The van der Waals surface area contributed by atoms with Crippen molar-refractivity contribution < 1.29 is 4.74 Å². The summed E-state index contributed by atoms with van der Waals surface area (Å²) in [6.45, 7) is 6.46. The maximum Gasteiger partial charge on any atom is 0.228 e. The van der Waals surface area contributed by atoms with Crippen LogP contribution < -0.4 is 9.64 Å². The third-order valence-electron chi connectivity index (χ3n) is 2.69. The number of anilines is 1. The molecule has 2 rings (SSSR count). The molecule has 5 heteroatoms. The van der Waals surface area contributed by atoms with Crippen molar-refractivity contribution in [3.63, 3.8) is 0 Å². The highest BCUT2D eigenvalue weighted by Gasteiger charge is 2.23. The molecule has 1 unspecified atom stereocenters. The average Bonchev–Trinajstić information content (AvgIpc) is 2.72. The molecule has 1 saturated heterocycles. The van der Waals surface area contributed by atoms with E-state index < -0.39 is 0 Å². The topological polar surface area (TPSA) is 38.2 Å². The van der Waals surface area contributed by atoms with Crippen LogP contribution in [0.2, 0.25) is 0 Å².